The van der Waals surface area contributed by atoms with Crippen LogP contribution < -0.4 is 14.9 Å². The molecule has 3 rings (SSSR count). The second-order valence-electron chi connectivity index (χ2n) is 5.80. The van der Waals surface area contributed by atoms with E-state index in [0.29, 0.717) is 16.8 Å². The molecule has 1 saturated heterocycles. The van der Waals surface area contributed by atoms with Gasteiger partial charge in [0.1, 0.15) is 6.04 Å². The van der Waals surface area contributed by atoms with E-state index in [0.717, 1.165) is 12.1 Å². The Kier molecular flexibility index (Phi) is 4.54. The number of pyridine rings is 1. The molecule has 2 amide bonds. The Balaban J connectivity index is 1.68. The van der Waals surface area contributed by atoms with Crippen LogP contribution in [-0.4, -0.2) is 24.4 Å². The van der Waals surface area contributed by atoms with Crippen molar-refractivity contribution in [2.45, 2.75) is 18.6 Å². The molecule has 1 aliphatic rings. The highest BCUT2D eigenvalue weighted by molar-refractivity contribution is 6.03. The number of carbonyl (C=O) groups is 2. The molecule has 2 heterocycles. The first-order valence-corrected chi connectivity index (χ1v) is 7.74. The van der Waals surface area contributed by atoms with Gasteiger partial charge in [0.05, 0.1) is 11.1 Å². The third-order valence-electron chi connectivity index (χ3n) is 4.08. The van der Waals surface area contributed by atoms with Gasteiger partial charge in [-0.15, -0.1) is 0 Å². The Bertz CT molecular complexity index is 820. The van der Waals surface area contributed by atoms with E-state index in [9.17, 15) is 28.0 Å². The third-order valence-corrected chi connectivity index (χ3v) is 4.08. The highest BCUT2D eigenvalue weighted by Gasteiger charge is 2.35. The van der Waals surface area contributed by atoms with E-state index in [-0.39, 0.29) is 12.1 Å². The second-order valence-corrected chi connectivity index (χ2v) is 5.80. The van der Waals surface area contributed by atoms with Gasteiger partial charge in [-0.1, -0.05) is 0 Å². The molecular formula is C17H14F3N3O3. The van der Waals surface area contributed by atoms with Crippen molar-refractivity contribution in [3.05, 3.63) is 65.1 Å². The van der Waals surface area contributed by atoms with Crippen molar-refractivity contribution in [3.8, 4) is 0 Å². The predicted octanol–water partition coefficient (Wildman–Crippen LogP) is 1.87. The van der Waals surface area contributed by atoms with Crippen molar-refractivity contribution >= 4 is 17.5 Å². The average Bonchev–Trinajstić information content (AvgIpc) is 2.95. The molecule has 136 valence electrons. The number of alkyl halides is 3. The van der Waals surface area contributed by atoms with Gasteiger partial charge in [0.2, 0.25) is 5.91 Å². The van der Waals surface area contributed by atoms with Crippen molar-refractivity contribution in [2.75, 3.05) is 11.4 Å². The second kappa shape index (κ2) is 6.66. The summed E-state index contributed by atoms with van der Waals surface area (Å²) in [5.74, 6) is -0.897. The molecule has 1 aliphatic heterocycles. The lowest BCUT2D eigenvalue weighted by Crippen LogP contribution is -2.41. The molecule has 1 atom stereocenters. The van der Waals surface area contributed by atoms with E-state index in [1.165, 1.54) is 41.6 Å². The molecule has 2 aromatic rings. The van der Waals surface area contributed by atoms with Crippen molar-refractivity contribution < 1.29 is 27.5 Å². The first-order valence-electron chi connectivity index (χ1n) is 7.74. The Morgan fingerprint density at radius 3 is 2.35 bits per heavy atom. The summed E-state index contributed by atoms with van der Waals surface area (Å²) in [4.78, 5) is 25.9. The molecule has 0 spiro atoms. The molecule has 0 radical (unpaired) electrons. The summed E-state index contributed by atoms with van der Waals surface area (Å²) in [6.45, 7) is 0.282. The predicted molar refractivity (Wildman–Crippen MR) is 85.1 cm³/mol. The minimum absolute atomic E-state index is 0.234. The largest absolute Gasteiger partial charge is 0.619 e. The fraction of sp³-hybridized carbons (Fsp3) is 0.235. The molecule has 1 N–H and O–H groups in total. The number of carbonyl (C=O) groups excluding carboxylic acids is 2. The maximum absolute atomic E-state index is 12.6. The molecule has 6 nitrogen and oxygen atoms in total. The van der Waals surface area contributed by atoms with Crippen LogP contribution in [0.4, 0.5) is 18.9 Å². The molecule has 0 saturated carbocycles. The number of hydrogen-bond acceptors (Lipinski definition) is 3. The molecule has 1 aromatic heterocycles. The normalized spacial score (nSPS) is 17.4. The minimum atomic E-state index is -4.44. The van der Waals surface area contributed by atoms with Crippen LogP contribution in [0.2, 0.25) is 0 Å². The SMILES string of the molecule is O=C(N[C@@H]1CCN(c2ccc(C(F)(F)F)cc2)C1=O)c1cc[n+]([O-])cc1. The summed E-state index contributed by atoms with van der Waals surface area (Å²) in [6, 6.07) is 6.17. The molecule has 0 unspecified atom stereocenters. The van der Waals surface area contributed by atoms with Gasteiger partial charge in [0.15, 0.2) is 12.4 Å². The van der Waals surface area contributed by atoms with Crippen LogP contribution in [0.15, 0.2) is 48.8 Å². The number of rotatable bonds is 3. The van der Waals surface area contributed by atoms with E-state index in [2.05, 4.69) is 5.32 Å². The van der Waals surface area contributed by atoms with Crippen LogP contribution in [0.5, 0.6) is 0 Å². The third kappa shape index (κ3) is 3.61. The topological polar surface area (TPSA) is 76.4 Å². The van der Waals surface area contributed by atoms with Crippen LogP contribution in [0.3, 0.4) is 0 Å². The molecule has 1 fully saturated rings. The van der Waals surface area contributed by atoms with E-state index in [4.69, 9.17) is 0 Å². The number of hydrogen-bond donors (Lipinski definition) is 1. The summed E-state index contributed by atoms with van der Waals surface area (Å²) >= 11 is 0. The minimum Gasteiger partial charge on any atom is -0.619 e. The van der Waals surface area contributed by atoms with Crippen molar-refractivity contribution in [1.29, 1.82) is 0 Å². The van der Waals surface area contributed by atoms with E-state index >= 15 is 0 Å². The summed E-state index contributed by atoms with van der Waals surface area (Å²) in [5, 5.41) is 13.6. The number of nitrogens with one attached hydrogen (secondary N) is 1. The fourth-order valence-corrected chi connectivity index (χ4v) is 2.71. The maximum atomic E-state index is 12.6. The van der Waals surface area contributed by atoms with E-state index < -0.39 is 29.6 Å². The van der Waals surface area contributed by atoms with E-state index in [1.807, 2.05) is 0 Å². The van der Waals surface area contributed by atoms with Gasteiger partial charge in [0, 0.05) is 24.4 Å². The quantitative estimate of drug-likeness (QED) is 0.667. The number of aromatic nitrogens is 1. The van der Waals surface area contributed by atoms with Gasteiger partial charge in [-0.05, 0) is 30.7 Å². The molecule has 1 aromatic carbocycles. The van der Waals surface area contributed by atoms with Crippen LogP contribution in [0, 0.1) is 5.21 Å². The lowest BCUT2D eigenvalue weighted by molar-refractivity contribution is -0.605. The standard InChI is InChI=1S/C17H14F3N3O3/c18-17(19,20)12-1-3-13(4-2-12)23-10-7-14(16(23)25)21-15(24)11-5-8-22(26)9-6-11/h1-6,8-9,14H,7,10H2,(H,21,24)/t14-/m1/s1. The first kappa shape index (κ1) is 17.7. The van der Waals surface area contributed by atoms with E-state index in [1.54, 1.807) is 0 Å². The summed E-state index contributed by atoms with van der Waals surface area (Å²) in [7, 11) is 0. The maximum Gasteiger partial charge on any atom is 0.416 e. The number of halogens is 3. The number of nitrogens with zero attached hydrogens (tertiary/aromatic N) is 2. The highest BCUT2D eigenvalue weighted by atomic mass is 19.4. The van der Waals surface area contributed by atoms with Gasteiger partial charge in [-0.3, -0.25) is 9.59 Å². The molecule has 9 heteroatoms. The van der Waals surface area contributed by atoms with Crippen molar-refractivity contribution in [2.24, 2.45) is 0 Å². The van der Waals surface area contributed by atoms with Crippen LogP contribution in [-0.2, 0) is 11.0 Å². The fourth-order valence-electron chi connectivity index (χ4n) is 2.71. The smallest absolute Gasteiger partial charge is 0.416 e. The Morgan fingerprint density at radius 2 is 1.77 bits per heavy atom. The first-order chi connectivity index (χ1) is 12.3. The monoisotopic (exact) mass is 365 g/mol. The van der Waals surface area contributed by atoms with Crippen LogP contribution in [0.25, 0.3) is 0 Å². The average molecular weight is 365 g/mol. The van der Waals surface area contributed by atoms with Crippen LogP contribution in [0.1, 0.15) is 22.3 Å². The Hall–Kier alpha value is -3.10. The van der Waals surface area contributed by atoms with Gasteiger partial charge < -0.3 is 15.4 Å². The molecule has 0 bridgehead atoms. The lowest BCUT2D eigenvalue weighted by Gasteiger charge is -2.18. The molecular weight excluding hydrogens is 351 g/mol. The van der Waals surface area contributed by atoms with Gasteiger partial charge in [-0.25, -0.2) is 0 Å². The number of anilines is 1. The molecule has 0 aliphatic carbocycles. The summed E-state index contributed by atoms with van der Waals surface area (Å²) in [6.07, 6.45) is -1.78. The summed E-state index contributed by atoms with van der Waals surface area (Å²) in [5.41, 5.74) is -0.220. The Morgan fingerprint density at radius 1 is 1.15 bits per heavy atom. The van der Waals surface area contributed by atoms with Crippen molar-refractivity contribution in [3.63, 3.8) is 0 Å². The highest BCUT2D eigenvalue weighted by Crippen LogP contribution is 2.31. The number of amides is 2. The number of benzene rings is 1. The summed E-state index contributed by atoms with van der Waals surface area (Å²) < 4.78 is 38.4. The van der Waals surface area contributed by atoms with Crippen LogP contribution >= 0.6 is 0 Å². The lowest BCUT2D eigenvalue weighted by atomic mass is 10.2. The zero-order chi connectivity index (χ0) is 18.9. The van der Waals surface area contributed by atoms with Crippen molar-refractivity contribution in [1.82, 2.24) is 5.32 Å². The van der Waals surface area contributed by atoms with Gasteiger partial charge >= 0.3 is 6.18 Å². The van der Waals surface area contributed by atoms with Gasteiger partial charge in [-0.2, -0.15) is 17.9 Å². The Labute approximate surface area is 146 Å². The zero-order valence-corrected chi connectivity index (χ0v) is 13.4. The zero-order valence-electron chi connectivity index (χ0n) is 13.4. The molecule has 26 heavy (non-hydrogen) atoms. The van der Waals surface area contributed by atoms with Gasteiger partial charge in [0.25, 0.3) is 5.91 Å².